The molecule has 0 amide bonds. The van der Waals surface area contributed by atoms with Crippen molar-refractivity contribution in [1.82, 2.24) is 0 Å². The molecule has 1 unspecified atom stereocenters. The van der Waals surface area contributed by atoms with Crippen molar-refractivity contribution in [2.24, 2.45) is 0 Å². The summed E-state index contributed by atoms with van der Waals surface area (Å²) in [6.07, 6.45) is 0. The summed E-state index contributed by atoms with van der Waals surface area (Å²) in [5.41, 5.74) is 0. The fourth-order valence-corrected chi connectivity index (χ4v) is 0.472. The number of alkyl halides is 2. The molecule has 0 aromatic rings. The fourth-order valence-electron chi connectivity index (χ4n) is 0.0845. The van der Waals surface area contributed by atoms with E-state index < -0.39 is 13.2 Å². The van der Waals surface area contributed by atoms with Crippen molar-refractivity contribution in [3.63, 3.8) is 0 Å². The van der Waals surface area contributed by atoms with Gasteiger partial charge in [0, 0.05) is 0 Å². The lowest BCUT2D eigenvalue weighted by molar-refractivity contribution is 0.288. The second-order valence-corrected chi connectivity index (χ2v) is 3.09. The first-order chi connectivity index (χ1) is 3.06. The van der Waals surface area contributed by atoms with E-state index in [1.54, 1.807) is 0 Å². The fraction of sp³-hybridized carbons (Fsp3) is 1.00. The average Bonchev–Trinajstić information content (AvgIpc) is 1.30. The Bertz CT molecular complexity index is 68.6. The van der Waals surface area contributed by atoms with Crippen LogP contribution in [0.4, 0.5) is 0 Å². The van der Waals surface area contributed by atoms with Gasteiger partial charge in [0.1, 0.15) is 0 Å². The molecule has 0 radical (unpaired) electrons. The predicted octanol–water partition coefficient (Wildman–Crippen LogP) is 1.83. The Hall–Kier alpha value is 0.770. The van der Waals surface area contributed by atoms with Crippen molar-refractivity contribution < 1.29 is 9.09 Å². The molecule has 0 aliphatic carbocycles. The van der Waals surface area contributed by atoms with E-state index in [0.29, 0.717) is 0 Å². The highest BCUT2D eigenvalue weighted by atomic mass is 35.5. The van der Waals surface area contributed by atoms with Crippen LogP contribution in [0.15, 0.2) is 0 Å². The lowest BCUT2D eigenvalue weighted by Crippen LogP contribution is -2.03. The summed E-state index contributed by atoms with van der Waals surface area (Å²) >= 11 is 10.4. The number of hydrogen-bond donors (Lipinski definition) is 0. The summed E-state index contributed by atoms with van der Waals surface area (Å²) in [6.45, 7) is 1.40. The van der Waals surface area contributed by atoms with Gasteiger partial charge in [-0.3, -0.25) is 9.09 Å². The number of rotatable bonds is 2. The highest BCUT2D eigenvalue weighted by Crippen LogP contribution is 2.25. The number of hydrogen-bond acceptors (Lipinski definition) is 2. The molecule has 0 aliphatic rings. The highest BCUT2D eigenvalue weighted by molar-refractivity contribution is 7.17. The Morgan fingerprint density at radius 1 is 1.71 bits per heavy atom. The molecule has 5 heteroatoms. The Kier molecular flexibility index (Phi) is 3.25. The smallest absolute Gasteiger partial charge is 0.220 e. The van der Waals surface area contributed by atoms with Gasteiger partial charge in [0.05, 0.1) is 0 Å². The topological polar surface area (TPSA) is 26.3 Å². The maximum Gasteiger partial charge on any atom is 0.220 e. The first-order valence-corrected chi connectivity index (χ1v) is 3.25. The van der Waals surface area contributed by atoms with Crippen LogP contribution in [0.25, 0.3) is 0 Å². The Morgan fingerprint density at radius 3 is 2.14 bits per heavy atom. The second-order valence-electron chi connectivity index (χ2n) is 1.02. The van der Waals surface area contributed by atoms with E-state index in [0.717, 1.165) is 0 Å². The van der Waals surface area contributed by atoms with Crippen LogP contribution in [0.3, 0.4) is 0 Å². The van der Waals surface area contributed by atoms with Gasteiger partial charge in [-0.2, -0.15) is 0 Å². The third kappa shape index (κ3) is 6.77. The predicted molar refractivity (Wildman–Crippen MR) is 31.6 cm³/mol. The molecular weight excluding hydrogens is 158 g/mol. The van der Waals surface area contributed by atoms with Gasteiger partial charge in [0.2, 0.25) is 4.52 Å². The summed E-state index contributed by atoms with van der Waals surface area (Å²) in [5.74, 6) is 0. The lowest BCUT2D eigenvalue weighted by atomic mass is 10.9. The zero-order valence-corrected chi connectivity index (χ0v) is 6.32. The van der Waals surface area contributed by atoms with E-state index in [4.69, 9.17) is 23.2 Å². The van der Waals surface area contributed by atoms with E-state index in [9.17, 15) is 4.57 Å². The number of halogens is 2. The summed E-state index contributed by atoms with van der Waals surface area (Å²) in [4.78, 5) is 0. The van der Waals surface area contributed by atoms with Crippen LogP contribution in [0.2, 0.25) is 0 Å². The van der Waals surface area contributed by atoms with E-state index in [-0.39, 0.29) is 0 Å². The molecule has 0 N–H and O–H groups in total. The molecule has 0 saturated heterocycles. The third-order valence-electron chi connectivity index (χ3n) is 0.255. The van der Waals surface area contributed by atoms with E-state index in [2.05, 4.69) is 4.52 Å². The summed E-state index contributed by atoms with van der Waals surface area (Å²) in [7, 11) is -1.30. The minimum atomic E-state index is -1.30. The molecule has 0 saturated carbocycles. The molecule has 0 fully saturated rings. The van der Waals surface area contributed by atoms with Crippen LogP contribution < -0.4 is 0 Å². The maximum atomic E-state index is 9.64. The molecule has 2 nitrogen and oxygen atoms in total. The SMILES string of the molecule is CC(Cl)(Cl)O[PH2]=O. The summed E-state index contributed by atoms with van der Waals surface area (Å²) in [6, 6.07) is 0. The monoisotopic (exact) mass is 162 g/mol. The van der Waals surface area contributed by atoms with Crippen LogP contribution in [-0.4, -0.2) is 4.52 Å². The first-order valence-electron chi connectivity index (χ1n) is 1.55. The van der Waals surface area contributed by atoms with Crippen molar-refractivity contribution in [3.05, 3.63) is 0 Å². The minimum Gasteiger partial charge on any atom is -0.300 e. The zero-order valence-electron chi connectivity index (χ0n) is 3.65. The van der Waals surface area contributed by atoms with Crippen molar-refractivity contribution in [3.8, 4) is 0 Å². The normalized spacial score (nSPS) is 13.6. The zero-order chi connectivity index (χ0) is 5.91. The van der Waals surface area contributed by atoms with Crippen LogP contribution in [-0.2, 0) is 9.09 Å². The molecule has 0 aromatic carbocycles. The Labute approximate surface area is 53.0 Å². The molecular formula is C2H5Cl2O2P. The van der Waals surface area contributed by atoms with Gasteiger partial charge < -0.3 is 0 Å². The summed E-state index contributed by atoms with van der Waals surface area (Å²) in [5, 5.41) is 0. The molecule has 44 valence electrons. The van der Waals surface area contributed by atoms with Crippen molar-refractivity contribution >= 4 is 31.9 Å². The largest absolute Gasteiger partial charge is 0.300 e. The van der Waals surface area contributed by atoms with Crippen molar-refractivity contribution in [2.45, 2.75) is 11.4 Å². The second kappa shape index (κ2) is 2.93. The molecule has 0 rings (SSSR count). The van der Waals surface area contributed by atoms with Gasteiger partial charge >= 0.3 is 0 Å². The lowest BCUT2D eigenvalue weighted by Gasteiger charge is -2.06. The van der Waals surface area contributed by atoms with E-state index in [1.165, 1.54) is 6.92 Å². The average molecular weight is 163 g/mol. The molecule has 0 heterocycles. The quantitative estimate of drug-likeness (QED) is 0.458. The van der Waals surface area contributed by atoms with Gasteiger partial charge in [-0.15, -0.1) is 0 Å². The molecule has 0 spiro atoms. The third-order valence-corrected chi connectivity index (χ3v) is 1.30. The van der Waals surface area contributed by atoms with Gasteiger partial charge in [-0.25, -0.2) is 0 Å². The Morgan fingerprint density at radius 2 is 2.14 bits per heavy atom. The van der Waals surface area contributed by atoms with Gasteiger partial charge in [0.25, 0.3) is 0 Å². The van der Waals surface area contributed by atoms with E-state index in [1.807, 2.05) is 0 Å². The van der Waals surface area contributed by atoms with Gasteiger partial charge in [-0.1, -0.05) is 23.2 Å². The van der Waals surface area contributed by atoms with E-state index >= 15 is 0 Å². The molecule has 0 aromatic heterocycles. The standard InChI is InChI=1S/C2H5Cl2O2P/c1-2(3,4)6-7-5/h7H2,1H3. The molecule has 7 heavy (non-hydrogen) atoms. The molecule has 0 aliphatic heterocycles. The van der Waals surface area contributed by atoms with Crippen LogP contribution in [0.1, 0.15) is 6.92 Å². The van der Waals surface area contributed by atoms with Crippen LogP contribution >= 0.6 is 31.9 Å². The first kappa shape index (κ1) is 7.77. The van der Waals surface area contributed by atoms with Gasteiger partial charge in [0.15, 0.2) is 8.69 Å². The van der Waals surface area contributed by atoms with Crippen LogP contribution in [0.5, 0.6) is 0 Å². The summed E-state index contributed by atoms with van der Waals surface area (Å²) < 4.78 is 12.6. The Balaban J connectivity index is 3.34. The highest BCUT2D eigenvalue weighted by Gasteiger charge is 2.14. The maximum absolute atomic E-state index is 9.64. The van der Waals surface area contributed by atoms with Crippen molar-refractivity contribution in [1.29, 1.82) is 0 Å². The van der Waals surface area contributed by atoms with Gasteiger partial charge in [-0.05, 0) is 6.92 Å². The molecule has 1 atom stereocenters. The van der Waals surface area contributed by atoms with Crippen molar-refractivity contribution in [2.75, 3.05) is 0 Å². The van der Waals surface area contributed by atoms with Crippen LogP contribution in [0, 0.1) is 0 Å². The minimum absolute atomic E-state index is 1.28. The molecule has 0 bridgehead atoms.